The van der Waals surface area contributed by atoms with Crippen molar-refractivity contribution in [3.05, 3.63) is 59.7 Å². The number of carbonyl (C=O) groups is 1. The van der Waals surface area contributed by atoms with Gasteiger partial charge in [-0.15, -0.1) is 0 Å². The van der Waals surface area contributed by atoms with Crippen LogP contribution in [0.1, 0.15) is 22.8 Å². The Morgan fingerprint density at radius 3 is 2.00 bits per heavy atom. The van der Waals surface area contributed by atoms with Crippen LogP contribution in [0.25, 0.3) is 6.08 Å². The molecular weight excluding hydrogens is 430 g/mol. The smallest absolute Gasteiger partial charge is 0.422 e. The molecule has 2 rings (SSSR count). The van der Waals surface area contributed by atoms with Crippen LogP contribution in [0.2, 0.25) is 0 Å². The Morgan fingerprint density at radius 1 is 0.839 bits per heavy atom. The van der Waals surface area contributed by atoms with E-state index in [1.165, 1.54) is 6.08 Å². The highest BCUT2D eigenvalue weighted by molar-refractivity contribution is 6.08. The van der Waals surface area contributed by atoms with E-state index in [-0.39, 0.29) is 11.3 Å². The minimum atomic E-state index is -4.66. The molecule has 0 amide bonds. The summed E-state index contributed by atoms with van der Waals surface area (Å²) in [5.41, 5.74) is 0.227. The zero-order chi connectivity index (χ0) is 23.1. The van der Waals surface area contributed by atoms with Gasteiger partial charge in [0, 0.05) is 0 Å². The van der Waals surface area contributed by atoms with Crippen LogP contribution in [0.5, 0.6) is 17.2 Å². The fourth-order valence-electron chi connectivity index (χ4n) is 2.35. The van der Waals surface area contributed by atoms with Crippen molar-refractivity contribution in [1.82, 2.24) is 0 Å². The van der Waals surface area contributed by atoms with Crippen LogP contribution >= 0.6 is 0 Å². The summed E-state index contributed by atoms with van der Waals surface area (Å²) in [6, 6.07) is 9.48. The summed E-state index contributed by atoms with van der Waals surface area (Å²) < 4.78 is 89.0. The van der Waals surface area contributed by atoms with Crippen LogP contribution in [0.3, 0.4) is 0 Å². The maximum atomic E-state index is 12.5. The fraction of sp³-hybridized carbons (Fsp3) is 0.286. The standard InChI is InChI=1S/C21H18F6O4/c1-2-29-15-6-3-14(4-7-15)5-9-18(28)17-11-16(30-12-20(22,23)24)8-10-19(17)31-13-21(25,26)27/h3-11H,2,12-13H2,1H3. The van der Waals surface area contributed by atoms with Crippen LogP contribution < -0.4 is 14.2 Å². The van der Waals surface area contributed by atoms with E-state index in [2.05, 4.69) is 9.47 Å². The van der Waals surface area contributed by atoms with Crippen molar-refractivity contribution in [2.24, 2.45) is 0 Å². The molecule has 0 N–H and O–H groups in total. The van der Waals surface area contributed by atoms with Gasteiger partial charge >= 0.3 is 12.4 Å². The van der Waals surface area contributed by atoms with Gasteiger partial charge in [0.2, 0.25) is 0 Å². The molecule has 0 aliphatic carbocycles. The Hall–Kier alpha value is -3.17. The number of ether oxygens (including phenoxy) is 3. The van der Waals surface area contributed by atoms with Crippen LogP contribution in [0.15, 0.2) is 48.5 Å². The van der Waals surface area contributed by atoms with E-state index in [1.807, 2.05) is 6.92 Å². The Labute approximate surface area is 174 Å². The number of hydrogen-bond donors (Lipinski definition) is 0. The van der Waals surface area contributed by atoms with Gasteiger partial charge in [-0.2, -0.15) is 26.3 Å². The lowest BCUT2D eigenvalue weighted by molar-refractivity contribution is -0.154. The van der Waals surface area contributed by atoms with E-state index in [1.54, 1.807) is 24.3 Å². The largest absolute Gasteiger partial charge is 0.494 e. The summed E-state index contributed by atoms with van der Waals surface area (Å²) in [7, 11) is 0. The molecule has 4 nitrogen and oxygen atoms in total. The topological polar surface area (TPSA) is 44.8 Å². The predicted molar refractivity (Wildman–Crippen MR) is 101 cm³/mol. The molecule has 0 atom stereocenters. The quantitative estimate of drug-likeness (QED) is 0.274. The third kappa shape index (κ3) is 8.61. The molecule has 0 heterocycles. The monoisotopic (exact) mass is 448 g/mol. The second-order valence-corrected chi connectivity index (χ2v) is 6.17. The minimum absolute atomic E-state index is 0.338. The van der Waals surface area contributed by atoms with E-state index in [9.17, 15) is 31.1 Å². The average molecular weight is 448 g/mol. The molecule has 0 aromatic heterocycles. The summed E-state index contributed by atoms with van der Waals surface area (Å²) in [5.74, 6) is -0.931. The Bertz CT molecular complexity index is 902. The van der Waals surface area contributed by atoms with Gasteiger partial charge in [0.25, 0.3) is 0 Å². The van der Waals surface area contributed by atoms with Gasteiger partial charge in [-0.25, -0.2) is 0 Å². The minimum Gasteiger partial charge on any atom is -0.494 e. The van der Waals surface area contributed by atoms with Gasteiger partial charge in [-0.05, 0) is 48.9 Å². The molecule has 0 spiro atoms. The number of carbonyl (C=O) groups excluding carboxylic acids is 1. The molecule has 10 heteroatoms. The van der Waals surface area contributed by atoms with Gasteiger partial charge in [-0.1, -0.05) is 18.2 Å². The summed E-state index contributed by atoms with van der Waals surface area (Å²) >= 11 is 0. The Kier molecular flexibility index (Phi) is 7.95. The molecule has 0 saturated heterocycles. The third-order valence-electron chi connectivity index (χ3n) is 3.63. The molecular formula is C21H18F6O4. The number of hydrogen-bond acceptors (Lipinski definition) is 4. The van der Waals surface area contributed by atoms with Crippen LogP contribution in [-0.4, -0.2) is 38.0 Å². The lowest BCUT2D eigenvalue weighted by Gasteiger charge is -2.14. The number of benzene rings is 2. The first-order valence-corrected chi connectivity index (χ1v) is 8.95. The summed E-state index contributed by atoms with van der Waals surface area (Å²) in [4.78, 5) is 12.5. The molecule has 168 valence electrons. The molecule has 0 unspecified atom stereocenters. The molecule has 0 saturated carbocycles. The van der Waals surface area contributed by atoms with Crippen molar-refractivity contribution in [3.8, 4) is 17.2 Å². The molecule has 2 aromatic rings. The zero-order valence-corrected chi connectivity index (χ0v) is 16.2. The molecule has 0 aliphatic heterocycles. The first-order chi connectivity index (χ1) is 14.5. The van der Waals surface area contributed by atoms with Crippen molar-refractivity contribution in [2.45, 2.75) is 19.3 Å². The fourth-order valence-corrected chi connectivity index (χ4v) is 2.35. The highest BCUT2D eigenvalue weighted by Gasteiger charge is 2.30. The lowest BCUT2D eigenvalue weighted by atomic mass is 10.1. The number of rotatable bonds is 9. The SMILES string of the molecule is CCOc1ccc(C=CC(=O)c2cc(OCC(F)(F)F)ccc2OCC(F)(F)F)cc1. The van der Waals surface area contributed by atoms with E-state index in [0.717, 1.165) is 24.3 Å². The highest BCUT2D eigenvalue weighted by Crippen LogP contribution is 2.28. The highest BCUT2D eigenvalue weighted by atomic mass is 19.4. The molecule has 0 fully saturated rings. The molecule has 0 aliphatic rings. The second-order valence-electron chi connectivity index (χ2n) is 6.17. The van der Waals surface area contributed by atoms with Crippen molar-refractivity contribution in [3.63, 3.8) is 0 Å². The maximum absolute atomic E-state index is 12.5. The number of alkyl halides is 6. The van der Waals surface area contributed by atoms with Crippen LogP contribution in [0.4, 0.5) is 26.3 Å². The molecule has 31 heavy (non-hydrogen) atoms. The average Bonchev–Trinajstić information content (AvgIpc) is 2.69. The maximum Gasteiger partial charge on any atom is 0.422 e. The van der Waals surface area contributed by atoms with Gasteiger partial charge in [-0.3, -0.25) is 4.79 Å². The zero-order valence-electron chi connectivity index (χ0n) is 16.2. The Balaban J connectivity index is 2.24. The van der Waals surface area contributed by atoms with Crippen molar-refractivity contribution < 1.29 is 45.3 Å². The molecule has 2 aromatic carbocycles. The first kappa shape index (κ1) is 24.1. The third-order valence-corrected chi connectivity index (χ3v) is 3.63. The van der Waals surface area contributed by atoms with E-state index < -0.39 is 37.1 Å². The normalized spacial score (nSPS) is 12.1. The van der Waals surface area contributed by atoms with Crippen molar-refractivity contribution >= 4 is 11.9 Å². The predicted octanol–water partition coefficient (Wildman–Crippen LogP) is 5.86. The number of halogens is 6. The van der Waals surface area contributed by atoms with Gasteiger partial charge in [0.15, 0.2) is 19.0 Å². The number of ketones is 1. The molecule has 0 radical (unpaired) electrons. The van der Waals surface area contributed by atoms with Crippen molar-refractivity contribution in [1.29, 1.82) is 0 Å². The van der Waals surface area contributed by atoms with Crippen LogP contribution in [0, 0.1) is 0 Å². The van der Waals surface area contributed by atoms with Crippen LogP contribution in [-0.2, 0) is 0 Å². The molecule has 0 bridgehead atoms. The van der Waals surface area contributed by atoms with E-state index in [4.69, 9.17) is 4.74 Å². The lowest BCUT2D eigenvalue weighted by Crippen LogP contribution is -2.21. The summed E-state index contributed by atoms with van der Waals surface area (Å²) in [5, 5.41) is 0. The van der Waals surface area contributed by atoms with Crippen molar-refractivity contribution in [2.75, 3.05) is 19.8 Å². The van der Waals surface area contributed by atoms with Gasteiger partial charge < -0.3 is 14.2 Å². The Morgan fingerprint density at radius 2 is 1.42 bits per heavy atom. The number of allylic oxidation sites excluding steroid dienone is 1. The second kappa shape index (κ2) is 10.2. The van der Waals surface area contributed by atoms with E-state index in [0.29, 0.717) is 17.9 Å². The van der Waals surface area contributed by atoms with Gasteiger partial charge in [0.05, 0.1) is 12.2 Å². The van der Waals surface area contributed by atoms with E-state index >= 15 is 0 Å². The summed E-state index contributed by atoms with van der Waals surface area (Å²) in [6.45, 7) is -0.997. The first-order valence-electron chi connectivity index (χ1n) is 8.95. The summed E-state index contributed by atoms with van der Waals surface area (Å²) in [6.07, 6.45) is -6.82. The van der Waals surface area contributed by atoms with Gasteiger partial charge in [0.1, 0.15) is 17.2 Å².